The minimum Gasteiger partial charge on any atom is -0.321 e. The molecule has 0 radical (unpaired) electrons. The maximum Gasteiger partial charge on any atom is 0.241 e. The molecule has 4 nitrogen and oxygen atoms in total. The van der Waals surface area contributed by atoms with Gasteiger partial charge in [0.2, 0.25) is 5.91 Å². The third-order valence-electron chi connectivity index (χ3n) is 3.65. The standard InChI is InChI=1S/C15H22N2O2S/c1-4-20(19)10-9-17-14(16-12(3)15(17)18)13-7-5-11(2)6-8-13/h5-8,12,14,16H,4,9-10H2,1-3H3. The van der Waals surface area contributed by atoms with Gasteiger partial charge in [0.1, 0.15) is 6.17 Å². The molecule has 0 bridgehead atoms. The second-order valence-corrected chi connectivity index (χ2v) is 7.03. The lowest BCUT2D eigenvalue weighted by atomic mass is 10.1. The first-order valence-corrected chi connectivity index (χ1v) is 8.49. The molecule has 1 N–H and O–H groups in total. The van der Waals surface area contributed by atoms with Gasteiger partial charge in [-0.05, 0) is 19.4 Å². The molecule has 20 heavy (non-hydrogen) atoms. The van der Waals surface area contributed by atoms with Crippen molar-refractivity contribution >= 4 is 16.7 Å². The summed E-state index contributed by atoms with van der Waals surface area (Å²) in [5, 5.41) is 3.31. The van der Waals surface area contributed by atoms with Crippen molar-refractivity contribution in [1.82, 2.24) is 10.2 Å². The molecule has 1 aromatic carbocycles. The van der Waals surface area contributed by atoms with E-state index < -0.39 is 10.8 Å². The summed E-state index contributed by atoms with van der Waals surface area (Å²) < 4.78 is 11.6. The molecule has 5 heteroatoms. The molecular formula is C15H22N2O2S. The number of nitrogens with one attached hydrogen (secondary N) is 1. The van der Waals surface area contributed by atoms with Crippen LogP contribution in [0.25, 0.3) is 0 Å². The maximum atomic E-state index is 12.2. The van der Waals surface area contributed by atoms with Gasteiger partial charge >= 0.3 is 0 Å². The van der Waals surface area contributed by atoms with Crippen LogP contribution in [-0.2, 0) is 15.6 Å². The van der Waals surface area contributed by atoms with E-state index in [9.17, 15) is 9.00 Å². The molecular weight excluding hydrogens is 272 g/mol. The Balaban J connectivity index is 2.15. The number of hydrogen-bond donors (Lipinski definition) is 1. The van der Waals surface area contributed by atoms with Crippen LogP contribution in [0, 0.1) is 6.92 Å². The molecule has 1 aromatic rings. The highest BCUT2D eigenvalue weighted by molar-refractivity contribution is 7.84. The van der Waals surface area contributed by atoms with Crippen LogP contribution in [0.4, 0.5) is 0 Å². The third kappa shape index (κ3) is 3.27. The van der Waals surface area contributed by atoms with E-state index in [0.29, 0.717) is 18.1 Å². The molecule has 3 atom stereocenters. The van der Waals surface area contributed by atoms with E-state index >= 15 is 0 Å². The summed E-state index contributed by atoms with van der Waals surface area (Å²) in [5.74, 6) is 1.27. The van der Waals surface area contributed by atoms with E-state index in [0.717, 1.165) is 5.56 Å². The van der Waals surface area contributed by atoms with Gasteiger partial charge in [0, 0.05) is 28.9 Å². The number of rotatable bonds is 5. The lowest BCUT2D eigenvalue weighted by Gasteiger charge is -2.24. The van der Waals surface area contributed by atoms with E-state index in [-0.39, 0.29) is 18.1 Å². The van der Waals surface area contributed by atoms with Gasteiger partial charge in [-0.15, -0.1) is 0 Å². The quantitative estimate of drug-likeness (QED) is 0.897. The van der Waals surface area contributed by atoms with Crippen molar-refractivity contribution in [3.63, 3.8) is 0 Å². The Bertz CT molecular complexity index is 501. The van der Waals surface area contributed by atoms with E-state index in [4.69, 9.17) is 0 Å². The molecule has 0 aromatic heterocycles. The molecule has 1 fully saturated rings. The first-order chi connectivity index (χ1) is 9.52. The highest BCUT2D eigenvalue weighted by Gasteiger charge is 2.36. The highest BCUT2D eigenvalue weighted by atomic mass is 32.2. The van der Waals surface area contributed by atoms with Gasteiger partial charge in [-0.3, -0.25) is 14.3 Å². The van der Waals surface area contributed by atoms with E-state index in [2.05, 4.69) is 5.32 Å². The summed E-state index contributed by atoms with van der Waals surface area (Å²) in [6.07, 6.45) is -0.105. The first-order valence-electron chi connectivity index (χ1n) is 7.01. The van der Waals surface area contributed by atoms with Crippen LogP contribution in [-0.4, -0.2) is 39.1 Å². The molecule has 1 aliphatic rings. The Morgan fingerprint density at radius 3 is 2.55 bits per heavy atom. The van der Waals surface area contributed by atoms with Crippen LogP contribution >= 0.6 is 0 Å². The summed E-state index contributed by atoms with van der Waals surface area (Å²) in [4.78, 5) is 14.0. The molecule has 1 saturated heterocycles. The SMILES string of the molecule is CCS(=O)CCN1C(=O)C(C)NC1c1ccc(C)cc1. The molecule has 1 amide bonds. The fourth-order valence-corrected chi connectivity index (χ4v) is 3.07. The number of aryl methyl sites for hydroxylation is 1. The average Bonchev–Trinajstić information content (AvgIpc) is 2.73. The summed E-state index contributed by atoms with van der Waals surface area (Å²) >= 11 is 0. The molecule has 3 unspecified atom stereocenters. The molecule has 0 saturated carbocycles. The summed E-state index contributed by atoms with van der Waals surface area (Å²) in [5.41, 5.74) is 2.28. The lowest BCUT2D eigenvalue weighted by Crippen LogP contribution is -2.34. The zero-order valence-electron chi connectivity index (χ0n) is 12.3. The molecule has 110 valence electrons. The Labute approximate surface area is 123 Å². The van der Waals surface area contributed by atoms with Crippen LogP contribution in [0.2, 0.25) is 0 Å². The number of carbonyl (C=O) groups is 1. The minimum atomic E-state index is -0.846. The summed E-state index contributed by atoms with van der Waals surface area (Å²) in [7, 11) is -0.846. The van der Waals surface area contributed by atoms with Crippen molar-refractivity contribution < 1.29 is 9.00 Å². The number of nitrogens with zero attached hydrogens (tertiary/aromatic N) is 1. The zero-order valence-corrected chi connectivity index (χ0v) is 13.1. The van der Waals surface area contributed by atoms with Crippen molar-refractivity contribution in [3.05, 3.63) is 35.4 Å². The molecule has 0 spiro atoms. The Kier molecular flexibility index (Phi) is 4.94. The molecule has 0 aliphatic carbocycles. The predicted molar refractivity (Wildman–Crippen MR) is 81.8 cm³/mol. The fraction of sp³-hybridized carbons (Fsp3) is 0.533. The van der Waals surface area contributed by atoms with Gasteiger partial charge in [0.05, 0.1) is 6.04 Å². The average molecular weight is 294 g/mol. The van der Waals surface area contributed by atoms with Gasteiger partial charge in [-0.1, -0.05) is 36.8 Å². The lowest BCUT2D eigenvalue weighted by molar-refractivity contribution is -0.129. The van der Waals surface area contributed by atoms with Crippen LogP contribution in [0.1, 0.15) is 31.1 Å². The normalized spacial score (nSPS) is 24.1. The van der Waals surface area contributed by atoms with Gasteiger partial charge in [-0.25, -0.2) is 0 Å². The fourth-order valence-electron chi connectivity index (χ4n) is 2.38. The zero-order chi connectivity index (χ0) is 14.7. The first kappa shape index (κ1) is 15.2. The maximum absolute atomic E-state index is 12.2. The van der Waals surface area contributed by atoms with Crippen molar-refractivity contribution in [2.24, 2.45) is 0 Å². The van der Waals surface area contributed by atoms with E-state index in [1.165, 1.54) is 5.56 Å². The van der Waals surface area contributed by atoms with Crippen LogP contribution in [0.5, 0.6) is 0 Å². The van der Waals surface area contributed by atoms with Crippen molar-refractivity contribution in [2.75, 3.05) is 18.1 Å². The minimum absolute atomic E-state index is 0.0867. The second-order valence-electron chi connectivity index (χ2n) is 5.17. The largest absolute Gasteiger partial charge is 0.321 e. The summed E-state index contributed by atoms with van der Waals surface area (Å²) in [6.45, 7) is 6.36. The Morgan fingerprint density at radius 1 is 1.30 bits per heavy atom. The summed E-state index contributed by atoms with van der Waals surface area (Å²) in [6, 6.07) is 8.00. The van der Waals surface area contributed by atoms with Crippen molar-refractivity contribution in [3.8, 4) is 0 Å². The molecule has 1 heterocycles. The van der Waals surface area contributed by atoms with Gasteiger partial charge in [0.15, 0.2) is 0 Å². The van der Waals surface area contributed by atoms with Crippen molar-refractivity contribution in [1.29, 1.82) is 0 Å². The van der Waals surface area contributed by atoms with Crippen molar-refractivity contribution in [2.45, 2.75) is 33.0 Å². The second kappa shape index (κ2) is 6.50. The number of amides is 1. The Hall–Kier alpha value is -1.20. The van der Waals surface area contributed by atoms with Crippen LogP contribution < -0.4 is 5.32 Å². The molecule has 2 rings (SSSR count). The molecule has 1 aliphatic heterocycles. The van der Waals surface area contributed by atoms with Gasteiger partial charge in [-0.2, -0.15) is 0 Å². The van der Waals surface area contributed by atoms with Gasteiger partial charge < -0.3 is 4.90 Å². The number of hydrogen-bond acceptors (Lipinski definition) is 3. The predicted octanol–water partition coefficient (Wildman–Crippen LogP) is 1.58. The van der Waals surface area contributed by atoms with E-state index in [1.54, 1.807) is 0 Å². The van der Waals surface area contributed by atoms with Crippen LogP contribution in [0.15, 0.2) is 24.3 Å². The van der Waals surface area contributed by atoms with Gasteiger partial charge in [0.25, 0.3) is 0 Å². The number of benzene rings is 1. The monoisotopic (exact) mass is 294 g/mol. The Morgan fingerprint density at radius 2 is 1.95 bits per heavy atom. The highest BCUT2D eigenvalue weighted by Crippen LogP contribution is 2.25. The topological polar surface area (TPSA) is 49.4 Å². The number of carbonyl (C=O) groups excluding carboxylic acids is 1. The van der Waals surface area contributed by atoms with E-state index in [1.807, 2.05) is 49.9 Å². The third-order valence-corrected chi connectivity index (χ3v) is 4.93. The van der Waals surface area contributed by atoms with Crippen LogP contribution in [0.3, 0.4) is 0 Å². The smallest absolute Gasteiger partial charge is 0.241 e.